The topological polar surface area (TPSA) is 91.0 Å². The highest BCUT2D eigenvalue weighted by atomic mass is 32.2. The Balaban J connectivity index is 1.72. The van der Waals surface area contributed by atoms with Crippen molar-refractivity contribution in [2.45, 2.75) is 32.6 Å². The van der Waals surface area contributed by atoms with Crippen LogP contribution in [-0.2, 0) is 16.6 Å². The molecule has 108 valence electrons. The third-order valence-electron chi connectivity index (χ3n) is 3.42. The van der Waals surface area contributed by atoms with E-state index >= 15 is 0 Å². The Morgan fingerprint density at radius 2 is 2.21 bits per heavy atom. The highest BCUT2D eigenvalue weighted by Gasteiger charge is 2.25. The van der Waals surface area contributed by atoms with Gasteiger partial charge in [0.15, 0.2) is 0 Å². The fourth-order valence-corrected chi connectivity index (χ4v) is 3.40. The fraction of sp³-hybridized carbons (Fsp3) is 0.818. The van der Waals surface area contributed by atoms with Gasteiger partial charge in [0.05, 0.1) is 0 Å². The quantitative estimate of drug-likeness (QED) is 0.736. The summed E-state index contributed by atoms with van der Waals surface area (Å²) in [5, 5.41) is 6.50. The zero-order chi connectivity index (χ0) is 13.7. The minimum absolute atomic E-state index is 0.426. The normalized spacial score (nSPS) is 18.8. The molecule has 0 aliphatic carbocycles. The van der Waals surface area contributed by atoms with Crippen LogP contribution in [0.1, 0.15) is 32.0 Å². The number of hydrogen-bond acceptors (Lipinski definition) is 4. The molecule has 0 unspecified atom stereocenters. The Hall–Kier alpha value is -0.990. The van der Waals surface area contributed by atoms with Crippen molar-refractivity contribution >= 4 is 10.2 Å². The monoisotopic (exact) mass is 287 g/mol. The number of aromatic nitrogens is 3. The number of piperidine rings is 1. The second kappa shape index (κ2) is 6.44. The summed E-state index contributed by atoms with van der Waals surface area (Å²) in [6, 6.07) is 0. The van der Waals surface area contributed by atoms with E-state index in [0.29, 0.717) is 38.4 Å². The van der Waals surface area contributed by atoms with Gasteiger partial charge in [0.25, 0.3) is 10.2 Å². The van der Waals surface area contributed by atoms with Crippen molar-refractivity contribution in [1.29, 1.82) is 0 Å². The van der Waals surface area contributed by atoms with Crippen molar-refractivity contribution in [3.63, 3.8) is 0 Å². The number of rotatable bonds is 6. The van der Waals surface area contributed by atoms with Crippen LogP contribution in [0.15, 0.2) is 6.33 Å². The third-order valence-corrected chi connectivity index (χ3v) is 5.04. The van der Waals surface area contributed by atoms with Crippen LogP contribution < -0.4 is 4.72 Å². The molecule has 2 rings (SSSR count). The minimum Gasteiger partial charge on any atom is -0.263 e. The van der Waals surface area contributed by atoms with E-state index in [4.69, 9.17) is 0 Å². The standard InChI is InChI=1S/C11H21N5O2S/c1-10-4-7-16(8-5-10)19(17,18)14-6-2-3-11-12-9-13-15-11/h9-10,14H,2-8H2,1H3,(H,12,13,15). The first-order valence-corrected chi connectivity index (χ1v) is 8.11. The molecule has 1 saturated heterocycles. The van der Waals surface area contributed by atoms with Gasteiger partial charge in [-0.15, -0.1) is 0 Å². The lowest BCUT2D eigenvalue weighted by Gasteiger charge is -2.29. The molecule has 2 heterocycles. The Kier molecular flexibility index (Phi) is 4.89. The predicted molar refractivity (Wildman–Crippen MR) is 71.6 cm³/mol. The number of aryl methyl sites for hydroxylation is 1. The zero-order valence-corrected chi connectivity index (χ0v) is 12.0. The van der Waals surface area contributed by atoms with Crippen molar-refractivity contribution in [2.24, 2.45) is 5.92 Å². The average Bonchev–Trinajstić information content (AvgIpc) is 2.88. The Bertz CT molecular complexity index is 465. The molecule has 1 aromatic heterocycles. The zero-order valence-electron chi connectivity index (χ0n) is 11.2. The molecule has 0 bridgehead atoms. The van der Waals surface area contributed by atoms with Crippen molar-refractivity contribution < 1.29 is 8.42 Å². The molecule has 0 aromatic carbocycles. The molecule has 8 heteroatoms. The van der Waals surface area contributed by atoms with E-state index in [0.717, 1.165) is 18.7 Å². The second-order valence-corrected chi connectivity index (χ2v) is 6.77. The van der Waals surface area contributed by atoms with Crippen molar-refractivity contribution in [1.82, 2.24) is 24.2 Å². The molecular formula is C11H21N5O2S. The van der Waals surface area contributed by atoms with Crippen LogP contribution >= 0.6 is 0 Å². The summed E-state index contributed by atoms with van der Waals surface area (Å²) in [5.74, 6) is 1.41. The van der Waals surface area contributed by atoms with E-state index in [1.165, 1.54) is 6.33 Å². The van der Waals surface area contributed by atoms with Crippen molar-refractivity contribution in [3.05, 3.63) is 12.2 Å². The highest BCUT2D eigenvalue weighted by Crippen LogP contribution is 2.17. The summed E-state index contributed by atoms with van der Waals surface area (Å²) in [7, 11) is -3.31. The minimum atomic E-state index is -3.31. The first-order chi connectivity index (χ1) is 9.08. The lowest BCUT2D eigenvalue weighted by atomic mass is 10.0. The largest absolute Gasteiger partial charge is 0.279 e. The lowest BCUT2D eigenvalue weighted by Crippen LogP contribution is -2.45. The van der Waals surface area contributed by atoms with E-state index in [9.17, 15) is 8.42 Å². The summed E-state index contributed by atoms with van der Waals surface area (Å²) >= 11 is 0. The molecular weight excluding hydrogens is 266 g/mol. The van der Waals surface area contributed by atoms with Gasteiger partial charge in [0, 0.05) is 26.1 Å². The molecule has 1 aliphatic heterocycles. The number of hydrogen-bond donors (Lipinski definition) is 2. The maximum atomic E-state index is 12.0. The fourth-order valence-electron chi connectivity index (χ4n) is 2.12. The second-order valence-electron chi connectivity index (χ2n) is 5.02. The number of nitrogens with zero attached hydrogens (tertiary/aromatic N) is 3. The number of H-pyrrole nitrogens is 1. The third kappa shape index (κ3) is 4.26. The molecule has 1 aromatic rings. The van der Waals surface area contributed by atoms with Crippen LogP contribution in [0.2, 0.25) is 0 Å². The molecule has 2 N–H and O–H groups in total. The molecule has 1 fully saturated rings. The molecule has 7 nitrogen and oxygen atoms in total. The molecule has 19 heavy (non-hydrogen) atoms. The molecule has 0 amide bonds. The van der Waals surface area contributed by atoms with Crippen molar-refractivity contribution in [2.75, 3.05) is 19.6 Å². The first-order valence-electron chi connectivity index (χ1n) is 6.67. The Morgan fingerprint density at radius 3 is 2.84 bits per heavy atom. The van der Waals surface area contributed by atoms with Crippen LogP contribution in [0.3, 0.4) is 0 Å². The van der Waals surface area contributed by atoms with E-state index in [2.05, 4.69) is 26.8 Å². The van der Waals surface area contributed by atoms with Crippen LogP contribution in [0, 0.1) is 5.92 Å². The Labute approximate surface area is 114 Å². The van der Waals surface area contributed by atoms with Crippen LogP contribution in [0.25, 0.3) is 0 Å². The summed E-state index contributed by atoms with van der Waals surface area (Å²) in [6.45, 7) is 3.83. The van der Waals surface area contributed by atoms with Gasteiger partial charge in [-0.1, -0.05) is 6.92 Å². The molecule has 1 aliphatic rings. The smallest absolute Gasteiger partial charge is 0.263 e. The number of aromatic amines is 1. The van der Waals surface area contributed by atoms with Gasteiger partial charge < -0.3 is 0 Å². The SMILES string of the molecule is CC1CCN(S(=O)(=O)NCCCc2ncn[nH]2)CC1. The lowest BCUT2D eigenvalue weighted by molar-refractivity contribution is 0.285. The van der Waals surface area contributed by atoms with Gasteiger partial charge in [0.2, 0.25) is 0 Å². The highest BCUT2D eigenvalue weighted by molar-refractivity contribution is 7.87. The van der Waals surface area contributed by atoms with Gasteiger partial charge >= 0.3 is 0 Å². The van der Waals surface area contributed by atoms with Gasteiger partial charge in [-0.2, -0.15) is 17.8 Å². The van der Waals surface area contributed by atoms with Gasteiger partial charge in [-0.3, -0.25) is 5.10 Å². The van der Waals surface area contributed by atoms with Crippen LogP contribution in [0.5, 0.6) is 0 Å². The van der Waals surface area contributed by atoms with Crippen LogP contribution in [-0.4, -0.2) is 47.5 Å². The first kappa shape index (κ1) is 14.4. The maximum Gasteiger partial charge on any atom is 0.279 e. The molecule has 0 spiro atoms. The van der Waals surface area contributed by atoms with E-state index in [-0.39, 0.29) is 0 Å². The van der Waals surface area contributed by atoms with E-state index in [1.54, 1.807) is 4.31 Å². The van der Waals surface area contributed by atoms with E-state index < -0.39 is 10.2 Å². The summed E-state index contributed by atoms with van der Waals surface area (Å²) in [6.07, 6.45) is 4.74. The van der Waals surface area contributed by atoms with Gasteiger partial charge in [0.1, 0.15) is 12.2 Å². The number of nitrogens with one attached hydrogen (secondary N) is 2. The Morgan fingerprint density at radius 1 is 1.47 bits per heavy atom. The van der Waals surface area contributed by atoms with Gasteiger partial charge in [-0.25, -0.2) is 9.71 Å². The molecule has 0 atom stereocenters. The summed E-state index contributed by atoms with van der Waals surface area (Å²) in [5.41, 5.74) is 0. The van der Waals surface area contributed by atoms with E-state index in [1.807, 2.05) is 0 Å². The maximum absolute atomic E-state index is 12.0. The average molecular weight is 287 g/mol. The molecule has 0 radical (unpaired) electrons. The van der Waals surface area contributed by atoms with Gasteiger partial charge in [-0.05, 0) is 25.2 Å². The molecule has 0 saturated carbocycles. The van der Waals surface area contributed by atoms with Crippen LogP contribution in [0.4, 0.5) is 0 Å². The van der Waals surface area contributed by atoms with Crippen molar-refractivity contribution in [3.8, 4) is 0 Å². The predicted octanol–water partition coefficient (Wildman–Crippen LogP) is 0.304. The summed E-state index contributed by atoms with van der Waals surface area (Å²) in [4.78, 5) is 3.99. The summed E-state index contributed by atoms with van der Waals surface area (Å²) < 4.78 is 28.3.